The van der Waals surface area contributed by atoms with E-state index in [2.05, 4.69) is 4.74 Å². The zero-order valence-electron chi connectivity index (χ0n) is 9.56. The van der Waals surface area contributed by atoms with Gasteiger partial charge in [0.2, 0.25) is 6.10 Å². The molecule has 20 heavy (non-hydrogen) atoms. The van der Waals surface area contributed by atoms with Gasteiger partial charge in [-0.15, -0.1) is 0 Å². The SMILES string of the molecule is O=C(COC(C(F)(F)F)C(F)(F)F)c1ccc(I)cc1. The Balaban J connectivity index is 2.73. The minimum atomic E-state index is -5.62. The Bertz CT molecular complexity index is 451. The van der Waals surface area contributed by atoms with Gasteiger partial charge in [-0.05, 0) is 34.7 Å². The van der Waals surface area contributed by atoms with Crippen molar-refractivity contribution in [2.75, 3.05) is 6.61 Å². The van der Waals surface area contributed by atoms with Crippen molar-refractivity contribution in [1.82, 2.24) is 0 Å². The van der Waals surface area contributed by atoms with Gasteiger partial charge in [0.1, 0.15) is 6.61 Å². The molecular formula is C11H7F6IO2. The smallest absolute Gasteiger partial charge is 0.353 e. The zero-order chi connectivity index (χ0) is 15.6. The van der Waals surface area contributed by atoms with Gasteiger partial charge in [-0.25, -0.2) is 0 Å². The van der Waals surface area contributed by atoms with Crippen LogP contribution in [0.5, 0.6) is 0 Å². The summed E-state index contributed by atoms with van der Waals surface area (Å²) in [7, 11) is 0. The van der Waals surface area contributed by atoms with Crippen molar-refractivity contribution in [2.45, 2.75) is 18.5 Å². The molecule has 0 aromatic heterocycles. The summed E-state index contributed by atoms with van der Waals surface area (Å²) in [5.74, 6) is -0.958. The molecular weight excluding hydrogens is 405 g/mol. The summed E-state index contributed by atoms with van der Waals surface area (Å²) >= 11 is 1.93. The topological polar surface area (TPSA) is 26.3 Å². The fourth-order valence-corrected chi connectivity index (χ4v) is 1.61. The molecule has 0 atom stereocenters. The Labute approximate surface area is 123 Å². The van der Waals surface area contributed by atoms with Gasteiger partial charge in [0.25, 0.3) is 0 Å². The Morgan fingerprint density at radius 2 is 1.50 bits per heavy atom. The Hall–Kier alpha value is -0.840. The normalized spacial score (nSPS) is 12.8. The van der Waals surface area contributed by atoms with Crippen LogP contribution < -0.4 is 0 Å². The standard InChI is InChI=1S/C11H7F6IO2/c12-10(13,14)9(11(15,16)17)20-5-8(19)6-1-3-7(18)4-2-6/h1-4,9H,5H2. The van der Waals surface area contributed by atoms with Gasteiger partial charge in [0, 0.05) is 9.13 Å². The van der Waals surface area contributed by atoms with Gasteiger partial charge in [-0.2, -0.15) is 26.3 Å². The lowest BCUT2D eigenvalue weighted by atomic mass is 10.1. The highest BCUT2D eigenvalue weighted by Gasteiger charge is 2.58. The van der Waals surface area contributed by atoms with E-state index in [-0.39, 0.29) is 5.56 Å². The van der Waals surface area contributed by atoms with Gasteiger partial charge in [0.15, 0.2) is 5.78 Å². The second kappa shape index (κ2) is 6.29. The molecule has 0 bridgehead atoms. The maximum absolute atomic E-state index is 12.2. The van der Waals surface area contributed by atoms with Crippen molar-refractivity contribution < 1.29 is 35.9 Å². The summed E-state index contributed by atoms with van der Waals surface area (Å²) in [5, 5.41) is 0. The van der Waals surface area contributed by atoms with Crippen LogP contribution in [0.25, 0.3) is 0 Å². The summed E-state index contributed by atoms with van der Waals surface area (Å²) in [6.07, 6.45) is -15.2. The minimum absolute atomic E-state index is 0.0199. The minimum Gasteiger partial charge on any atom is -0.353 e. The van der Waals surface area contributed by atoms with Crippen LogP contribution in [0, 0.1) is 3.57 Å². The molecule has 0 amide bonds. The Kier molecular flexibility index (Phi) is 5.41. The van der Waals surface area contributed by atoms with Gasteiger partial charge in [-0.3, -0.25) is 4.79 Å². The molecule has 2 nitrogen and oxygen atoms in total. The van der Waals surface area contributed by atoms with E-state index in [1.165, 1.54) is 24.3 Å². The van der Waals surface area contributed by atoms with Crippen molar-refractivity contribution in [3.05, 3.63) is 33.4 Å². The van der Waals surface area contributed by atoms with Crippen molar-refractivity contribution in [3.8, 4) is 0 Å². The van der Waals surface area contributed by atoms with Crippen LogP contribution in [0.1, 0.15) is 10.4 Å². The first-order valence-electron chi connectivity index (χ1n) is 5.05. The molecule has 0 aliphatic rings. The van der Waals surface area contributed by atoms with Crippen LogP contribution in [0.2, 0.25) is 0 Å². The van der Waals surface area contributed by atoms with Crippen LogP contribution in [0.3, 0.4) is 0 Å². The van der Waals surface area contributed by atoms with Crippen molar-refractivity contribution in [2.24, 2.45) is 0 Å². The van der Waals surface area contributed by atoms with E-state index < -0.39 is 30.8 Å². The maximum Gasteiger partial charge on any atom is 0.423 e. The van der Waals surface area contributed by atoms with E-state index >= 15 is 0 Å². The molecule has 1 aromatic carbocycles. The molecule has 1 aromatic rings. The second-order valence-electron chi connectivity index (χ2n) is 3.70. The zero-order valence-corrected chi connectivity index (χ0v) is 11.7. The Morgan fingerprint density at radius 1 is 1.05 bits per heavy atom. The third kappa shape index (κ3) is 4.93. The number of ketones is 1. The quantitative estimate of drug-likeness (QED) is 0.425. The number of alkyl halides is 6. The molecule has 0 saturated heterocycles. The number of hydrogen-bond acceptors (Lipinski definition) is 2. The summed E-state index contributed by atoms with van der Waals surface area (Å²) in [6.45, 7) is -1.30. The number of Topliss-reactive ketones (excluding diaryl/α,β-unsaturated/α-hetero) is 1. The molecule has 0 spiro atoms. The maximum atomic E-state index is 12.2. The fourth-order valence-electron chi connectivity index (χ4n) is 1.25. The molecule has 0 aliphatic heterocycles. The summed E-state index contributed by atoms with van der Waals surface area (Å²) in [4.78, 5) is 11.5. The number of carbonyl (C=O) groups excluding carboxylic acids is 1. The summed E-state index contributed by atoms with van der Waals surface area (Å²) < 4.78 is 77.5. The third-order valence-corrected chi connectivity index (χ3v) is 2.86. The first-order chi connectivity index (χ1) is 9.01. The van der Waals surface area contributed by atoms with Gasteiger partial charge >= 0.3 is 12.4 Å². The van der Waals surface area contributed by atoms with Crippen LogP contribution in [-0.2, 0) is 4.74 Å². The molecule has 1 rings (SSSR count). The van der Waals surface area contributed by atoms with E-state index in [0.29, 0.717) is 0 Å². The van der Waals surface area contributed by atoms with E-state index in [9.17, 15) is 31.1 Å². The molecule has 0 fully saturated rings. The number of benzene rings is 1. The average molecular weight is 412 g/mol. The van der Waals surface area contributed by atoms with Crippen LogP contribution >= 0.6 is 22.6 Å². The molecule has 0 aliphatic carbocycles. The largest absolute Gasteiger partial charge is 0.423 e. The molecule has 0 unspecified atom stereocenters. The van der Waals surface area contributed by atoms with Crippen LogP contribution in [0.4, 0.5) is 26.3 Å². The van der Waals surface area contributed by atoms with E-state index in [1.807, 2.05) is 22.6 Å². The predicted octanol–water partition coefficient (Wildman–Crippen LogP) is 3.98. The van der Waals surface area contributed by atoms with Gasteiger partial charge < -0.3 is 4.74 Å². The lowest BCUT2D eigenvalue weighted by molar-refractivity contribution is -0.318. The van der Waals surface area contributed by atoms with Crippen molar-refractivity contribution in [3.63, 3.8) is 0 Å². The molecule has 0 heterocycles. The highest BCUT2D eigenvalue weighted by molar-refractivity contribution is 14.1. The highest BCUT2D eigenvalue weighted by Crippen LogP contribution is 2.35. The van der Waals surface area contributed by atoms with Crippen molar-refractivity contribution >= 4 is 28.4 Å². The number of ether oxygens (including phenoxy) is 1. The summed E-state index contributed by atoms with van der Waals surface area (Å²) in [5.41, 5.74) is -0.0199. The molecule has 112 valence electrons. The van der Waals surface area contributed by atoms with E-state index in [0.717, 1.165) is 3.57 Å². The first kappa shape index (κ1) is 17.2. The molecule has 0 radical (unpaired) electrons. The molecule has 0 N–H and O–H groups in total. The number of carbonyl (C=O) groups is 1. The highest BCUT2D eigenvalue weighted by atomic mass is 127. The molecule has 0 saturated carbocycles. The predicted molar refractivity (Wildman–Crippen MR) is 65.3 cm³/mol. The second-order valence-corrected chi connectivity index (χ2v) is 4.95. The molecule has 9 heteroatoms. The summed E-state index contributed by atoms with van der Waals surface area (Å²) in [6, 6.07) is 5.59. The average Bonchev–Trinajstić information content (AvgIpc) is 2.26. The van der Waals surface area contributed by atoms with E-state index in [1.54, 1.807) is 0 Å². The number of halogens is 7. The lowest BCUT2D eigenvalue weighted by Gasteiger charge is -2.22. The fraction of sp³-hybridized carbons (Fsp3) is 0.364. The van der Waals surface area contributed by atoms with Crippen molar-refractivity contribution in [1.29, 1.82) is 0 Å². The first-order valence-corrected chi connectivity index (χ1v) is 6.13. The third-order valence-electron chi connectivity index (χ3n) is 2.14. The van der Waals surface area contributed by atoms with Gasteiger partial charge in [-0.1, -0.05) is 12.1 Å². The monoisotopic (exact) mass is 412 g/mol. The Morgan fingerprint density at radius 3 is 1.90 bits per heavy atom. The van der Waals surface area contributed by atoms with Crippen LogP contribution in [-0.4, -0.2) is 30.8 Å². The number of hydrogen-bond donors (Lipinski definition) is 0. The van der Waals surface area contributed by atoms with E-state index in [4.69, 9.17) is 0 Å². The lowest BCUT2D eigenvalue weighted by Crippen LogP contribution is -2.45. The van der Waals surface area contributed by atoms with Crippen LogP contribution in [0.15, 0.2) is 24.3 Å². The number of rotatable bonds is 4. The van der Waals surface area contributed by atoms with Gasteiger partial charge in [0.05, 0.1) is 0 Å².